The molecule has 0 fully saturated rings. The molecule has 0 bridgehead atoms. The first kappa shape index (κ1) is 11.8. The van der Waals surface area contributed by atoms with Gasteiger partial charge in [0.1, 0.15) is 5.01 Å². The highest BCUT2D eigenvalue weighted by Crippen LogP contribution is 2.27. The first-order valence-electron chi connectivity index (χ1n) is 5.59. The molecule has 0 radical (unpaired) electrons. The minimum atomic E-state index is 0.891. The third-order valence-electron chi connectivity index (χ3n) is 2.30. The van der Waals surface area contributed by atoms with Crippen molar-refractivity contribution in [2.45, 2.75) is 26.3 Å². The number of aromatic nitrogens is 1. The van der Waals surface area contributed by atoms with Crippen molar-refractivity contribution in [1.82, 2.24) is 10.3 Å². The van der Waals surface area contributed by atoms with Crippen molar-refractivity contribution in [2.24, 2.45) is 0 Å². The quantitative estimate of drug-likeness (QED) is 0.792. The molecule has 0 aliphatic carbocycles. The molecule has 1 N–H and O–H groups in total. The molecule has 4 heteroatoms. The van der Waals surface area contributed by atoms with E-state index in [1.807, 2.05) is 0 Å². The fourth-order valence-corrected chi connectivity index (χ4v) is 3.05. The van der Waals surface area contributed by atoms with E-state index in [9.17, 15) is 0 Å². The van der Waals surface area contributed by atoms with E-state index in [4.69, 9.17) is 0 Å². The second-order valence-electron chi connectivity index (χ2n) is 3.65. The molecule has 0 spiro atoms. The average molecular weight is 252 g/mol. The molecule has 0 aliphatic heterocycles. The summed E-state index contributed by atoms with van der Waals surface area (Å²) in [5, 5.41) is 8.79. The zero-order valence-electron chi connectivity index (χ0n) is 9.40. The van der Waals surface area contributed by atoms with Gasteiger partial charge in [-0.15, -0.1) is 22.7 Å². The third kappa shape index (κ3) is 3.14. The van der Waals surface area contributed by atoms with E-state index in [1.54, 1.807) is 22.7 Å². The fraction of sp³-hybridized carbons (Fsp3) is 0.417. The van der Waals surface area contributed by atoms with Crippen LogP contribution in [0.4, 0.5) is 0 Å². The van der Waals surface area contributed by atoms with Gasteiger partial charge in [-0.25, -0.2) is 4.98 Å². The van der Waals surface area contributed by atoms with E-state index in [0.717, 1.165) is 23.8 Å². The predicted octanol–water partition coefficient (Wildman–Crippen LogP) is 3.76. The standard InChI is InChI=1S/C12H16N2S2/c1-2-3-6-13-8-10-9-16-12(14-10)11-5-4-7-15-11/h4-5,7,9,13H,2-3,6,8H2,1H3. The van der Waals surface area contributed by atoms with Crippen LogP contribution in [0.5, 0.6) is 0 Å². The number of hydrogen-bond donors (Lipinski definition) is 1. The molecule has 0 saturated carbocycles. The van der Waals surface area contributed by atoms with Gasteiger partial charge in [-0.2, -0.15) is 0 Å². The minimum absolute atomic E-state index is 0.891. The van der Waals surface area contributed by atoms with Crippen LogP contribution in [0.2, 0.25) is 0 Å². The zero-order chi connectivity index (χ0) is 11.2. The lowest BCUT2D eigenvalue weighted by atomic mass is 10.3. The molecule has 86 valence electrons. The number of rotatable bonds is 6. The highest BCUT2D eigenvalue weighted by Gasteiger charge is 2.04. The Bertz CT molecular complexity index is 406. The Kier molecular flexibility index (Phi) is 4.51. The van der Waals surface area contributed by atoms with Crippen LogP contribution in [0.1, 0.15) is 25.5 Å². The summed E-state index contributed by atoms with van der Waals surface area (Å²) < 4.78 is 0. The Morgan fingerprint density at radius 3 is 3.06 bits per heavy atom. The smallest absolute Gasteiger partial charge is 0.133 e. The monoisotopic (exact) mass is 252 g/mol. The molecular formula is C12H16N2S2. The van der Waals surface area contributed by atoms with Gasteiger partial charge < -0.3 is 5.32 Å². The Morgan fingerprint density at radius 1 is 1.38 bits per heavy atom. The number of unbranched alkanes of at least 4 members (excludes halogenated alkanes) is 1. The summed E-state index contributed by atoms with van der Waals surface area (Å²) in [5.41, 5.74) is 1.16. The summed E-state index contributed by atoms with van der Waals surface area (Å²) in [7, 11) is 0. The van der Waals surface area contributed by atoms with Crippen molar-refractivity contribution in [1.29, 1.82) is 0 Å². The van der Waals surface area contributed by atoms with Crippen LogP contribution in [0.25, 0.3) is 9.88 Å². The summed E-state index contributed by atoms with van der Waals surface area (Å²) in [6.07, 6.45) is 2.48. The summed E-state index contributed by atoms with van der Waals surface area (Å²) in [4.78, 5) is 5.89. The lowest BCUT2D eigenvalue weighted by molar-refractivity contribution is 0.635. The van der Waals surface area contributed by atoms with Crippen LogP contribution in [0.15, 0.2) is 22.9 Å². The molecule has 2 nitrogen and oxygen atoms in total. The molecule has 2 aromatic rings. The predicted molar refractivity (Wildman–Crippen MR) is 72.0 cm³/mol. The van der Waals surface area contributed by atoms with Crippen molar-refractivity contribution >= 4 is 22.7 Å². The maximum Gasteiger partial charge on any atom is 0.133 e. The summed E-state index contributed by atoms with van der Waals surface area (Å²) in [6.45, 7) is 4.18. The Balaban J connectivity index is 1.88. The topological polar surface area (TPSA) is 24.9 Å². The zero-order valence-corrected chi connectivity index (χ0v) is 11.0. The number of thiazole rings is 1. The van der Waals surface area contributed by atoms with Crippen LogP contribution in [-0.2, 0) is 6.54 Å². The molecule has 2 heterocycles. The molecule has 16 heavy (non-hydrogen) atoms. The van der Waals surface area contributed by atoms with Gasteiger partial charge in [-0.1, -0.05) is 19.4 Å². The Hall–Kier alpha value is -0.710. The summed E-state index contributed by atoms with van der Waals surface area (Å²) in [6, 6.07) is 4.19. The lowest BCUT2D eigenvalue weighted by Gasteiger charge is -1.99. The molecule has 2 aromatic heterocycles. The highest BCUT2D eigenvalue weighted by atomic mass is 32.1. The van der Waals surface area contributed by atoms with E-state index in [0.29, 0.717) is 0 Å². The number of nitrogens with zero attached hydrogens (tertiary/aromatic N) is 1. The van der Waals surface area contributed by atoms with E-state index in [1.165, 1.54) is 17.7 Å². The maximum absolute atomic E-state index is 4.62. The van der Waals surface area contributed by atoms with E-state index in [-0.39, 0.29) is 0 Å². The number of nitrogens with one attached hydrogen (secondary N) is 1. The van der Waals surface area contributed by atoms with E-state index >= 15 is 0 Å². The Labute approximate surface area is 104 Å². The van der Waals surface area contributed by atoms with Gasteiger partial charge in [-0.3, -0.25) is 0 Å². The van der Waals surface area contributed by atoms with Crippen molar-refractivity contribution in [3.63, 3.8) is 0 Å². The summed E-state index contributed by atoms with van der Waals surface area (Å²) >= 11 is 3.48. The normalized spacial score (nSPS) is 10.8. The molecule has 0 unspecified atom stereocenters. The summed E-state index contributed by atoms with van der Waals surface area (Å²) in [5.74, 6) is 0. The van der Waals surface area contributed by atoms with Crippen LogP contribution >= 0.6 is 22.7 Å². The number of hydrogen-bond acceptors (Lipinski definition) is 4. The first-order valence-corrected chi connectivity index (χ1v) is 7.35. The van der Waals surface area contributed by atoms with E-state index < -0.39 is 0 Å². The Morgan fingerprint density at radius 2 is 2.31 bits per heavy atom. The van der Waals surface area contributed by atoms with Gasteiger partial charge in [0, 0.05) is 11.9 Å². The molecule has 0 aliphatic rings. The minimum Gasteiger partial charge on any atom is -0.311 e. The largest absolute Gasteiger partial charge is 0.311 e. The van der Waals surface area contributed by atoms with Crippen LogP contribution in [-0.4, -0.2) is 11.5 Å². The van der Waals surface area contributed by atoms with Crippen molar-refractivity contribution in [3.05, 3.63) is 28.6 Å². The SMILES string of the molecule is CCCCNCc1csc(-c2cccs2)n1. The molecular weight excluding hydrogens is 236 g/mol. The number of thiophene rings is 1. The van der Waals surface area contributed by atoms with Gasteiger partial charge in [-0.05, 0) is 24.4 Å². The fourth-order valence-electron chi connectivity index (χ4n) is 1.42. The second kappa shape index (κ2) is 6.13. The van der Waals surface area contributed by atoms with Gasteiger partial charge in [0.15, 0.2) is 0 Å². The van der Waals surface area contributed by atoms with Crippen molar-refractivity contribution in [2.75, 3.05) is 6.54 Å². The van der Waals surface area contributed by atoms with E-state index in [2.05, 4.69) is 40.1 Å². The molecule has 2 rings (SSSR count). The highest BCUT2D eigenvalue weighted by molar-refractivity contribution is 7.20. The molecule has 0 amide bonds. The molecule has 0 atom stereocenters. The first-order chi connectivity index (χ1) is 7.90. The second-order valence-corrected chi connectivity index (χ2v) is 5.46. The van der Waals surface area contributed by atoms with Crippen LogP contribution < -0.4 is 5.32 Å². The van der Waals surface area contributed by atoms with Crippen LogP contribution in [0, 0.1) is 0 Å². The van der Waals surface area contributed by atoms with Gasteiger partial charge in [0.25, 0.3) is 0 Å². The van der Waals surface area contributed by atoms with Crippen molar-refractivity contribution < 1.29 is 0 Å². The molecule has 0 aromatic carbocycles. The molecule has 0 saturated heterocycles. The van der Waals surface area contributed by atoms with Gasteiger partial charge in [0.2, 0.25) is 0 Å². The van der Waals surface area contributed by atoms with Gasteiger partial charge in [0.05, 0.1) is 10.6 Å². The maximum atomic E-state index is 4.62. The third-order valence-corrected chi connectivity index (χ3v) is 4.23. The lowest BCUT2D eigenvalue weighted by Crippen LogP contribution is -2.14. The average Bonchev–Trinajstić information content (AvgIpc) is 2.94. The van der Waals surface area contributed by atoms with Gasteiger partial charge >= 0.3 is 0 Å². The van der Waals surface area contributed by atoms with Crippen molar-refractivity contribution in [3.8, 4) is 9.88 Å². The van der Waals surface area contributed by atoms with Crippen LogP contribution in [0.3, 0.4) is 0 Å².